The molecule has 116 valence electrons. The van der Waals surface area contributed by atoms with Crippen LogP contribution in [0.3, 0.4) is 0 Å². The number of hydrogen-bond donors (Lipinski definition) is 1. The van der Waals surface area contributed by atoms with Gasteiger partial charge in [0, 0.05) is 41.0 Å². The number of anilines is 1. The normalized spacial score (nSPS) is 13.0. The maximum Gasteiger partial charge on any atom is 0.224 e. The van der Waals surface area contributed by atoms with Crippen LogP contribution in [0.1, 0.15) is 12.0 Å². The zero-order valence-electron chi connectivity index (χ0n) is 12.2. The molecule has 0 fully saturated rings. The van der Waals surface area contributed by atoms with E-state index in [0.29, 0.717) is 6.42 Å². The minimum absolute atomic E-state index is 0. The van der Waals surface area contributed by atoms with E-state index in [0.717, 1.165) is 33.9 Å². The van der Waals surface area contributed by atoms with E-state index in [1.165, 1.54) is 5.56 Å². The lowest BCUT2D eigenvalue weighted by molar-refractivity contribution is -0.116. The quantitative estimate of drug-likeness (QED) is 0.759. The molecule has 1 N–H and O–H groups in total. The summed E-state index contributed by atoms with van der Waals surface area (Å²) in [5, 5.41) is 5.93. The van der Waals surface area contributed by atoms with E-state index in [2.05, 4.69) is 21.7 Å². The summed E-state index contributed by atoms with van der Waals surface area (Å²) in [6.45, 7) is 0. The Balaban J connectivity index is 0.00000156. The molecule has 0 aliphatic carbocycles. The lowest BCUT2D eigenvalue weighted by Gasteiger charge is -2.17. The number of rotatable bonds is 2. The third-order valence-electron chi connectivity index (χ3n) is 3.71. The highest BCUT2D eigenvalue weighted by atomic mass is 35.5. The van der Waals surface area contributed by atoms with Gasteiger partial charge in [-0.1, -0.05) is 6.07 Å². The first-order valence-electron chi connectivity index (χ1n) is 7.09. The van der Waals surface area contributed by atoms with Gasteiger partial charge in [0.05, 0.1) is 5.69 Å². The highest BCUT2D eigenvalue weighted by molar-refractivity contribution is 7.13. The Labute approximate surface area is 144 Å². The lowest BCUT2D eigenvalue weighted by atomic mass is 9.99. The number of amides is 1. The molecule has 0 spiro atoms. The number of fused-ring (bicyclic) bond motifs is 1. The molecule has 0 unspecified atom stereocenters. The Morgan fingerprint density at radius 2 is 2.04 bits per heavy atom. The van der Waals surface area contributed by atoms with Gasteiger partial charge in [0.25, 0.3) is 0 Å². The Hall–Kier alpha value is -2.24. The minimum Gasteiger partial charge on any atom is -0.326 e. The Bertz CT molecular complexity index is 848. The van der Waals surface area contributed by atoms with Gasteiger partial charge < -0.3 is 5.32 Å². The first kappa shape index (κ1) is 15.6. The van der Waals surface area contributed by atoms with E-state index in [-0.39, 0.29) is 18.3 Å². The van der Waals surface area contributed by atoms with Crippen molar-refractivity contribution in [2.24, 2.45) is 0 Å². The van der Waals surface area contributed by atoms with Crippen molar-refractivity contribution < 1.29 is 4.79 Å². The fourth-order valence-electron chi connectivity index (χ4n) is 2.57. The van der Waals surface area contributed by atoms with Crippen LogP contribution in [0.25, 0.3) is 21.8 Å². The van der Waals surface area contributed by atoms with E-state index >= 15 is 0 Å². The number of carbonyl (C=O) groups is 1. The second-order valence-electron chi connectivity index (χ2n) is 5.20. The molecule has 0 atom stereocenters. The number of benzene rings is 1. The van der Waals surface area contributed by atoms with Gasteiger partial charge in [-0.15, -0.1) is 23.7 Å². The van der Waals surface area contributed by atoms with E-state index in [1.54, 1.807) is 17.5 Å². The van der Waals surface area contributed by atoms with Crippen molar-refractivity contribution in [3.8, 4) is 21.8 Å². The molecule has 23 heavy (non-hydrogen) atoms. The van der Waals surface area contributed by atoms with Crippen LogP contribution >= 0.6 is 23.7 Å². The molecule has 0 saturated carbocycles. The number of hydrogen-bond acceptors (Lipinski definition) is 4. The molecule has 4 rings (SSSR count). The van der Waals surface area contributed by atoms with Gasteiger partial charge in [-0.2, -0.15) is 0 Å². The number of nitrogens with zero attached hydrogens (tertiary/aromatic N) is 2. The average Bonchev–Trinajstić information content (AvgIpc) is 3.05. The summed E-state index contributed by atoms with van der Waals surface area (Å²) >= 11 is 1.61. The van der Waals surface area contributed by atoms with Gasteiger partial charge in [0.15, 0.2) is 0 Å². The van der Waals surface area contributed by atoms with Crippen molar-refractivity contribution in [3.05, 3.63) is 53.7 Å². The molecule has 1 aliphatic rings. The van der Waals surface area contributed by atoms with Crippen LogP contribution in [0.5, 0.6) is 0 Å². The molecule has 1 amide bonds. The summed E-state index contributed by atoms with van der Waals surface area (Å²) in [5.41, 5.74) is 5.17. The standard InChI is InChI=1S/C17H13N3OS.ClH/c21-16-6-4-11-8-12(3-5-14(11)19-16)15-10-22-17(20-15)13-2-1-7-18-9-13;/h1-3,5,7-10H,4,6H2,(H,19,21);1H. The topological polar surface area (TPSA) is 54.9 Å². The summed E-state index contributed by atoms with van der Waals surface area (Å²) in [6.07, 6.45) is 4.92. The van der Waals surface area contributed by atoms with Crippen molar-refractivity contribution >= 4 is 35.3 Å². The average molecular weight is 344 g/mol. The van der Waals surface area contributed by atoms with Crippen molar-refractivity contribution in [3.63, 3.8) is 0 Å². The maximum absolute atomic E-state index is 11.4. The minimum atomic E-state index is 0. The second-order valence-corrected chi connectivity index (χ2v) is 6.06. The highest BCUT2D eigenvalue weighted by Gasteiger charge is 2.16. The van der Waals surface area contributed by atoms with Crippen LogP contribution in [-0.2, 0) is 11.2 Å². The van der Waals surface area contributed by atoms with Gasteiger partial charge >= 0.3 is 0 Å². The van der Waals surface area contributed by atoms with Crippen molar-refractivity contribution in [1.29, 1.82) is 0 Å². The molecule has 2 aromatic heterocycles. The van der Waals surface area contributed by atoms with Gasteiger partial charge in [-0.25, -0.2) is 4.98 Å². The van der Waals surface area contributed by atoms with Crippen LogP contribution in [0.4, 0.5) is 5.69 Å². The molecule has 0 radical (unpaired) electrons. The molecule has 1 aromatic carbocycles. The molecule has 4 nitrogen and oxygen atoms in total. The van der Waals surface area contributed by atoms with Crippen LogP contribution in [0.2, 0.25) is 0 Å². The van der Waals surface area contributed by atoms with Crippen LogP contribution in [-0.4, -0.2) is 15.9 Å². The molecule has 0 saturated heterocycles. The highest BCUT2D eigenvalue weighted by Crippen LogP contribution is 2.31. The van der Waals surface area contributed by atoms with E-state index in [4.69, 9.17) is 4.98 Å². The Morgan fingerprint density at radius 1 is 1.13 bits per heavy atom. The van der Waals surface area contributed by atoms with Gasteiger partial charge in [-0.05, 0) is 36.2 Å². The van der Waals surface area contributed by atoms with Crippen LogP contribution in [0.15, 0.2) is 48.1 Å². The monoisotopic (exact) mass is 343 g/mol. The molecule has 1 aliphatic heterocycles. The van der Waals surface area contributed by atoms with Crippen molar-refractivity contribution in [2.45, 2.75) is 12.8 Å². The predicted molar refractivity (Wildman–Crippen MR) is 95.0 cm³/mol. The zero-order valence-corrected chi connectivity index (χ0v) is 13.8. The molecule has 3 aromatic rings. The first-order chi connectivity index (χ1) is 10.8. The van der Waals surface area contributed by atoms with Crippen molar-refractivity contribution in [1.82, 2.24) is 9.97 Å². The first-order valence-corrected chi connectivity index (χ1v) is 7.97. The summed E-state index contributed by atoms with van der Waals surface area (Å²) in [6, 6.07) is 10.0. The van der Waals surface area contributed by atoms with Crippen LogP contribution in [0, 0.1) is 0 Å². The Morgan fingerprint density at radius 3 is 2.87 bits per heavy atom. The number of pyridine rings is 1. The van der Waals surface area contributed by atoms with E-state index in [9.17, 15) is 4.79 Å². The SMILES string of the molecule is Cl.O=C1CCc2cc(-c3csc(-c4cccnc4)n3)ccc2N1. The summed E-state index contributed by atoms with van der Waals surface area (Å²) in [7, 11) is 0. The van der Waals surface area contributed by atoms with E-state index in [1.807, 2.05) is 30.5 Å². The van der Waals surface area contributed by atoms with E-state index < -0.39 is 0 Å². The Kier molecular flexibility index (Phi) is 4.41. The number of aryl methyl sites for hydroxylation is 1. The molecular weight excluding hydrogens is 330 g/mol. The number of carbonyl (C=O) groups excluding carboxylic acids is 1. The lowest BCUT2D eigenvalue weighted by Crippen LogP contribution is -2.18. The third kappa shape index (κ3) is 3.11. The maximum atomic E-state index is 11.4. The number of thiazole rings is 1. The second kappa shape index (κ2) is 6.48. The van der Waals surface area contributed by atoms with Crippen LogP contribution < -0.4 is 5.32 Å². The summed E-state index contributed by atoms with van der Waals surface area (Å²) < 4.78 is 0. The van der Waals surface area contributed by atoms with Gasteiger partial charge in [0.2, 0.25) is 5.91 Å². The third-order valence-corrected chi connectivity index (χ3v) is 4.60. The molecule has 3 heterocycles. The fourth-order valence-corrected chi connectivity index (χ4v) is 3.39. The summed E-state index contributed by atoms with van der Waals surface area (Å²) in [4.78, 5) is 20.3. The molecular formula is C17H14ClN3OS. The largest absolute Gasteiger partial charge is 0.326 e. The fraction of sp³-hybridized carbons (Fsp3) is 0.118. The molecule has 0 bridgehead atoms. The van der Waals surface area contributed by atoms with Gasteiger partial charge in [-0.3, -0.25) is 9.78 Å². The predicted octanol–water partition coefficient (Wildman–Crippen LogP) is 4.18. The number of aromatic nitrogens is 2. The van der Waals surface area contributed by atoms with Gasteiger partial charge in [0.1, 0.15) is 5.01 Å². The summed E-state index contributed by atoms with van der Waals surface area (Å²) in [5.74, 6) is 0.0905. The molecule has 6 heteroatoms. The van der Waals surface area contributed by atoms with Crippen molar-refractivity contribution in [2.75, 3.05) is 5.32 Å². The zero-order chi connectivity index (χ0) is 14.9. The smallest absolute Gasteiger partial charge is 0.224 e. The number of nitrogens with one attached hydrogen (secondary N) is 1. The number of halogens is 1.